The summed E-state index contributed by atoms with van der Waals surface area (Å²) in [7, 11) is 1.90. The predicted molar refractivity (Wildman–Crippen MR) is 71.6 cm³/mol. The molecule has 0 saturated carbocycles. The zero-order chi connectivity index (χ0) is 12.1. The molecule has 0 fully saturated rings. The van der Waals surface area contributed by atoms with Gasteiger partial charge in [0.05, 0.1) is 0 Å². The Hall–Kier alpha value is -2.09. The normalized spacial score (nSPS) is 9.94. The summed E-state index contributed by atoms with van der Waals surface area (Å²) >= 11 is 0. The van der Waals surface area contributed by atoms with Gasteiger partial charge in [-0.2, -0.15) is 0 Å². The highest BCUT2D eigenvalue weighted by Gasteiger charge is 1.98. The molecule has 0 unspecified atom stereocenters. The van der Waals surface area contributed by atoms with E-state index in [1.165, 1.54) is 11.1 Å². The number of likely N-dealkylation sites (N-methyl/N-ethyl adjacent to an activating group) is 1. The van der Waals surface area contributed by atoms with Crippen LogP contribution in [0.15, 0.2) is 61.1 Å². The number of hydrogen-bond acceptors (Lipinski definition) is 2. The summed E-state index contributed by atoms with van der Waals surface area (Å²) in [6, 6.07) is 12.5. The number of benzene rings is 1. The van der Waals surface area contributed by atoms with Crippen LogP contribution in [0.25, 0.3) is 11.1 Å². The molecule has 1 aromatic carbocycles. The van der Waals surface area contributed by atoms with Gasteiger partial charge in [0, 0.05) is 31.6 Å². The van der Waals surface area contributed by atoms with Gasteiger partial charge >= 0.3 is 0 Å². The van der Waals surface area contributed by atoms with Gasteiger partial charge in [0.2, 0.25) is 0 Å². The highest BCUT2D eigenvalue weighted by molar-refractivity contribution is 5.62. The molecule has 2 nitrogen and oxygen atoms in total. The largest absolute Gasteiger partial charge is 0.392 e. The van der Waals surface area contributed by atoms with Crippen LogP contribution in [0.5, 0.6) is 0 Å². The minimum absolute atomic E-state index is 0.865. The third kappa shape index (κ3) is 2.94. The van der Waals surface area contributed by atoms with E-state index in [1.54, 1.807) is 6.20 Å². The van der Waals surface area contributed by atoms with Gasteiger partial charge in [0.25, 0.3) is 0 Å². The number of pyridine rings is 1. The van der Waals surface area contributed by atoms with Gasteiger partial charge in [-0.15, -0.1) is 0 Å². The molecule has 2 rings (SSSR count). The highest BCUT2D eigenvalue weighted by Crippen LogP contribution is 2.18. The maximum absolute atomic E-state index is 4.12. The zero-order valence-corrected chi connectivity index (χ0v) is 9.98. The molecule has 0 atom stereocenters. The van der Waals surface area contributed by atoms with Crippen LogP contribution in [0.4, 0.5) is 0 Å². The van der Waals surface area contributed by atoms with Crippen LogP contribution in [0, 0.1) is 0 Å². The summed E-state index contributed by atoms with van der Waals surface area (Å²) < 4.78 is 0. The van der Waals surface area contributed by atoms with Crippen molar-refractivity contribution >= 4 is 0 Å². The molecular formula is C15H16N2. The molecular weight excluding hydrogens is 208 g/mol. The van der Waals surface area contributed by atoms with Gasteiger partial charge in [-0.05, 0) is 22.8 Å². The molecule has 0 amide bonds. The van der Waals surface area contributed by atoms with E-state index < -0.39 is 0 Å². The third-order valence-electron chi connectivity index (χ3n) is 2.72. The number of aromatic nitrogens is 1. The number of nitrogens with one attached hydrogen (secondary N) is 1. The fourth-order valence-corrected chi connectivity index (χ4v) is 1.68. The Bertz CT molecular complexity index is 486. The van der Waals surface area contributed by atoms with Crippen molar-refractivity contribution in [2.75, 3.05) is 7.05 Å². The van der Waals surface area contributed by atoms with Gasteiger partial charge in [-0.25, -0.2) is 0 Å². The first-order valence-electron chi connectivity index (χ1n) is 5.64. The Labute approximate surface area is 102 Å². The summed E-state index contributed by atoms with van der Waals surface area (Å²) in [6.07, 6.45) is 4.53. The number of allylic oxidation sites excluding steroid dienone is 1. The van der Waals surface area contributed by atoms with Crippen molar-refractivity contribution in [2.24, 2.45) is 0 Å². The van der Waals surface area contributed by atoms with Crippen molar-refractivity contribution in [3.8, 4) is 11.1 Å². The molecule has 1 N–H and O–H groups in total. The van der Waals surface area contributed by atoms with E-state index in [2.05, 4.69) is 47.2 Å². The second-order valence-corrected chi connectivity index (χ2v) is 3.97. The van der Waals surface area contributed by atoms with Crippen molar-refractivity contribution in [3.05, 3.63) is 66.6 Å². The smallest absolute Gasteiger partial charge is 0.0346 e. The fraction of sp³-hybridized carbons (Fsp3) is 0.133. The number of nitrogens with zero attached hydrogens (tertiary/aromatic N) is 1. The van der Waals surface area contributed by atoms with Crippen molar-refractivity contribution < 1.29 is 0 Å². The first-order valence-corrected chi connectivity index (χ1v) is 5.64. The minimum Gasteiger partial charge on any atom is -0.392 e. The van der Waals surface area contributed by atoms with Gasteiger partial charge in [-0.3, -0.25) is 4.98 Å². The van der Waals surface area contributed by atoms with Crippen LogP contribution in [-0.2, 0) is 6.42 Å². The first-order chi connectivity index (χ1) is 8.29. The molecule has 0 radical (unpaired) electrons. The lowest BCUT2D eigenvalue weighted by atomic mass is 10.0. The second-order valence-electron chi connectivity index (χ2n) is 3.97. The van der Waals surface area contributed by atoms with Crippen molar-refractivity contribution in [3.63, 3.8) is 0 Å². The van der Waals surface area contributed by atoms with E-state index in [1.807, 2.05) is 19.3 Å². The molecule has 1 aromatic heterocycles. The van der Waals surface area contributed by atoms with Crippen molar-refractivity contribution in [1.29, 1.82) is 0 Å². The summed E-state index contributed by atoms with van der Waals surface area (Å²) in [5.74, 6) is 0. The van der Waals surface area contributed by atoms with Crippen LogP contribution in [0.1, 0.15) is 5.56 Å². The van der Waals surface area contributed by atoms with Crippen LogP contribution >= 0.6 is 0 Å². The summed E-state index contributed by atoms with van der Waals surface area (Å²) in [4.78, 5) is 4.12. The topological polar surface area (TPSA) is 24.9 Å². The Morgan fingerprint density at radius 3 is 2.53 bits per heavy atom. The Balaban J connectivity index is 2.16. The van der Waals surface area contributed by atoms with E-state index in [4.69, 9.17) is 0 Å². The number of hydrogen-bond donors (Lipinski definition) is 1. The molecule has 2 heteroatoms. The average molecular weight is 224 g/mol. The maximum atomic E-state index is 4.12. The summed E-state index contributed by atoms with van der Waals surface area (Å²) in [5.41, 5.74) is 4.62. The highest BCUT2D eigenvalue weighted by atomic mass is 14.8. The molecule has 0 aliphatic rings. The SMILES string of the molecule is C=C(Cc1ccc(-c2cccnc2)cc1)NC. The molecule has 0 aliphatic carbocycles. The molecule has 17 heavy (non-hydrogen) atoms. The van der Waals surface area contributed by atoms with E-state index >= 15 is 0 Å². The molecule has 2 aromatic rings. The molecule has 0 saturated heterocycles. The van der Waals surface area contributed by atoms with Crippen LogP contribution in [0.2, 0.25) is 0 Å². The number of rotatable bonds is 4. The van der Waals surface area contributed by atoms with Crippen LogP contribution in [-0.4, -0.2) is 12.0 Å². The van der Waals surface area contributed by atoms with Crippen LogP contribution < -0.4 is 5.32 Å². The lowest BCUT2D eigenvalue weighted by Crippen LogP contribution is -2.06. The Morgan fingerprint density at radius 1 is 1.18 bits per heavy atom. The van der Waals surface area contributed by atoms with Gasteiger partial charge < -0.3 is 5.32 Å². The average Bonchev–Trinajstić information content (AvgIpc) is 2.40. The predicted octanol–water partition coefficient (Wildman–Crippen LogP) is 3.02. The van der Waals surface area contributed by atoms with Crippen molar-refractivity contribution in [1.82, 2.24) is 10.3 Å². The maximum Gasteiger partial charge on any atom is 0.0346 e. The fourth-order valence-electron chi connectivity index (χ4n) is 1.68. The molecule has 0 spiro atoms. The Morgan fingerprint density at radius 2 is 1.94 bits per heavy atom. The Kier molecular flexibility index (Phi) is 3.55. The second kappa shape index (κ2) is 5.30. The molecule has 86 valence electrons. The lowest BCUT2D eigenvalue weighted by molar-refractivity contribution is 0.929. The van der Waals surface area contributed by atoms with Crippen LogP contribution in [0.3, 0.4) is 0 Å². The monoisotopic (exact) mass is 224 g/mol. The zero-order valence-electron chi connectivity index (χ0n) is 9.98. The van der Waals surface area contributed by atoms with E-state index in [9.17, 15) is 0 Å². The van der Waals surface area contributed by atoms with E-state index in [0.717, 1.165) is 17.7 Å². The van der Waals surface area contributed by atoms with Crippen molar-refractivity contribution in [2.45, 2.75) is 6.42 Å². The summed E-state index contributed by atoms with van der Waals surface area (Å²) in [6.45, 7) is 3.93. The summed E-state index contributed by atoms with van der Waals surface area (Å²) in [5, 5.41) is 3.06. The van der Waals surface area contributed by atoms with Gasteiger partial charge in [0.1, 0.15) is 0 Å². The van der Waals surface area contributed by atoms with E-state index in [0.29, 0.717) is 0 Å². The molecule has 1 heterocycles. The minimum atomic E-state index is 0.865. The third-order valence-corrected chi connectivity index (χ3v) is 2.72. The van der Waals surface area contributed by atoms with Gasteiger partial charge in [-0.1, -0.05) is 36.9 Å². The quantitative estimate of drug-likeness (QED) is 0.863. The lowest BCUT2D eigenvalue weighted by Gasteiger charge is -2.06. The van der Waals surface area contributed by atoms with E-state index in [-0.39, 0.29) is 0 Å². The van der Waals surface area contributed by atoms with Gasteiger partial charge in [0.15, 0.2) is 0 Å². The standard InChI is InChI=1S/C15H16N2/c1-12(16-2)10-13-5-7-14(8-6-13)15-4-3-9-17-11-15/h3-9,11,16H,1,10H2,2H3. The molecule has 0 bridgehead atoms. The first kappa shape index (κ1) is 11.4. The molecule has 0 aliphatic heterocycles.